The van der Waals surface area contributed by atoms with Gasteiger partial charge in [-0.3, -0.25) is 0 Å². The maximum atomic E-state index is 11.0. The van der Waals surface area contributed by atoms with Crippen LogP contribution in [0.5, 0.6) is 0 Å². The van der Waals surface area contributed by atoms with Gasteiger partial charge in [-0.05, 0) is 5.56 Å². The van der Waals surface area contributed by atoms with Crippen LogP contribution in [-0.2, 0) is 9.53 Å². The third-order valence-corrected chi connectivity index (χ3v) is 2.27. The van der Waals surface area contributed by atoms with Crippen molar-refractivity contribution >= 4 is 5.97 Å². The molecule has 1 aromatic rings. The van der Waals surface area contributed by atoms with Gasteiger partial charge in [0, 0.05) is 11.5 Å². The molecule has 66 valence electrons. The van der Waals surface area contributed by atoms with Crippen molar-refractivity contribution in [2.45, 2.75) is 5.92 Å². The molecule has 1 aliphatic rings. The Balaban J connectivity index is 2.29. The van der Waals surface area contributed by atoms with Gasteiger partial charge >= 0.3 is 5.97 Å². The van der Waals surface area contributed by atoms with E-state index in [1.54, 1.807) is 0 Å². The largest absolute Gasteiger partial charge is 0.461 e. The smallest absolute Gasteiger partial charge is 0.334 e. The molecule has 13 heavy (non-hydrogen) atoms. The summed E-state index contributed by atoms with van der Waals surface area (Å²) in [6, 6.07) is 9.82. The molecule has 1 aromatic carbocycles. The van der Waals surface area contributed by atoms with Crippen LogP contribution in [0.2, 0.25) is 0 Å². The summed E-state index contributed by atoms with van der Waals surface area (Å²) >= 11 is 0. The Morgan fingerprint density at radius 3 is 2.54 bits per heavy atom. The average Bonchev–Trinajstić information content (AvgIpc) is 2.49. The molecule has 2 rings (SSSR count). The van der Waals surface area contributed by atoms with Crippen LogP contribution in [0.15, 0.2) is 42.5 Å². The first-order valence-corrected chi connectivity index (χ1v) is 4.20. The Labute approximate surface area is 76.8 Å². The molecule has 1 heterocycles. The Morgan fingerprint density at radius 2 is 2.00 bits per heavy atom. The molecule has 0 radical (unpaired) electrons. The Morgan fingerprint density at radius 1 is 1.31 bits per heavy atom. The van der Waals surface area contributed by atoms with E-state index in [1.165, 1.54) is 0 Å². The van der Waals surface area contributed by atoms with E-state index >= 15 is 0 Å². The molecule has 0 N–H and O–H groups in total. The Kier molecular flexibility index (Phi) is 1.89. The van der Waals surface area contributed by atoms with Crippen LogP contribution >= 0.6 is 0 Å². The lowest BCUT2D eigenvalue weighted by atomic mass is 9.95. The first kappa shape index (κ1) is 8.05. The van der Waals surface area contributed by atoms with Crippen molar-refractivity contribution in [3.8, 4) is 0 Å². The van der Waals surface area contributed by atoms with Gasteiger partial charge in [0.15, 0.2) is 0 Å². The first-order valence-electron chi connectivity index (χ1n) is 4.20. The van der Waals surface area contributed by atoms with Gasteiger partial charge in [-0.15, -0.1) is 0 Å². The number of esters is 1. The van der Waals surface area contributed by atoms with Crippen LogP contribution in [0, 0.1) is 0 Å². The number of hydrogen-bond donors (Lipinski definition) is 0. The van der Waals surface area contributed by atoms with Crippen molar-refractivity contribution in [1.82, 2.24) is 0 Å². The second-order valence-electron chi connectivity index (χ2n) is 3.09. The molecule has 0 unspecified atom stereocenters. The maximum absolute atomic E-state index is 11.0. The molecule has 0 amide bonds. The molecule has 0 saturated carbocycles. The van der Waals surface area contributed by atoms with Crippen LogP contribution in [-0.4, -0.2) is 12.6 Å². The highest BCUT2D eigenvalue weighted by Gasteiger charge is 2.29. The van der Waals surface area contributed by atoms with E-state index in [0.29, 0.717) is 12.2 Å². The lowest BCUT2D eigenvalue weighted by molar-refractivity contribution is -0.135. The van der Waals surface area contributed by atoms with E-state index in [0.717, 1.165) is 5.56 Å². The second kappa shape index (κ2) is 3.05. The fourth-order valence-corrected chi connectivity index (χ4v) is 1.48. The van der Waals surface area contributed by atoms with Gasteiger partial charge in [-0.25, -0.2) is 4.79 Å². The SMILES string of the molecule is C=C1C(=O)OC[C@H]1c1ccccc1. The lowest BCUT2D eigenvalue weighted by Gasteiger charge is -2.06. The summed E-state index contributed by atoms with van der Waals surface area (Å²) in [5.74, 6) is -0.220. The highest BCUT2D eigenvalue weighted by atomic mass is 16.5. The van der Waals surface area contributed by atoms with Gasteiger partial charge in [-0.1, -0.05) is 36.9 Å². The number of benzene rings is 1. The molecule has 0 spiro atoms. The van der Waals surface area contributed by atoms with Crippen LogP contribution in [0.25, 0.3) is 0 Å². The molecule has 0 bridgehead atoms. The van der Waals surface area contributed by atoms with E-state index in [2.05, 4.69) is 6.58 Å². The summed E-state index contributed by atoms with van der Waals surface area (Å²) in [6.07, 6.45) is 0. The first-order chi connectivity index (χ1) is 6.29. The normalized spacial score (nSPS) is 21.7. The minimum atomic E-state index is -0.270. The van der Waals surface area contributed by atoms with Crippen molar-refractivity contribution in [3.63, 3.8) is 0 Å². The van der Waals surface area contributed by atoms with Gasteiger partial charge in [0.1, 0.15) is 6.61 Å². The van der Waals surface area contributed by atoms with Crippen molar-refractivity contribution in [3.05, 3.63) is 48.0 Å². The van der Waals surface area contributed by atoms with Gasteiger partial charge in [-0.2, -0.15) is 0 Å². The summed E-state index contributed by atoms with van der Waals surface area (Å²) in [7, 11) is 0. The second-order valence-corrected chi connectivity index (χ2v) is 3.09. The number of hydrogen-bond acceptors (Lipinski definition) is 2. The van der Waals surface area contributed by atoms with Crippen molar-refractivity contribution in [2.24, 2.45) is 0 Å². The minimum absolute atomic E-state index is 0.0497. The van der Waals surface area contributed by atoms with Gasteiger partial charge in [0.05, 0.1) is 0 Å². The van der Waals surface area contributed by atoms with Crippen molar-refractivity contribution in [2.75, 3.05) is 6.61 Å². The summed E-state index contributed by atoms with van der Waals surface area (Å²) in [4.78, 5) is 11.0. The van der Waals surface area contributed by atoms with Crippen molar-refractivity contribution in [1.29, 1.82) is 0 Å². The average molecular weight is 174 g/mol. The van der Waals surface area contributed by atoms with Gasteiger partial charge in [0.2, 0.25) is 0 Å². The van der Waals surface area contributed by atoms with Crippen LogP contribution < -0.4 is 0 Å². The summed E-state index contributed by atoms with van der Waals surface area (Å²) in [6.45, 7) is 4.15. The quantitative estimate of drug-likeness (QED) is 0.480. The third-order valence-electron chi connectivity index (χ3n) is 2.27. The maximum Gasteiger partial charge on any atom is 0.334 e. The number of carbonyl (C=O) groups excluding carboxylic acids is 1. The highest BCUT2D eigenvalue weighted by molar-refractivity contribution is 5.91. The molecule has 0 aromatic heterocycles. The monoisotopic (exact) mass is 174 g/mol. The fourth-order valence-electron chi connectivity index (χ4n) is 1.48. The Hall–Kier alpha value is -1.57. The summed E-state index contributed by atoms with van der Waals surface area (Å²) in [5, 5.41) is 0. The topological polar surface area (TPSA) is 26.3 Å². The zero-order valence-electron chi connectivity index (χ0n) is 7.19. The highest BCUT2D eigenvalue weighted by Crippen LogP contribution is 2.29. The molecular weight excluding hydrogens is 164 g/mol. The van der Waals surface area contributed by atoms with E-state index in [1.807, 2.05) is 30.3 Å². The number of ether oxygens (including phenoxy) is 1. The summed E-state index contributed by atoms with van der Waals surface area (Å²) < 4.78 is 4.89. The number of carbonyl (C=O) groups is 1. The van der Waals surface area contributed by atoms with Crippen LogP contribution in [0.1, 0.15) is 11.5 Å². The van der Waals surface area contributed by atoms with Crippen LogP contribution in [0.3, 0.4) is 0 Å². The molecule has 1 atom stereocenters. The number of rotatable bonds is 1. The van der Waals surface area contributed by atoms with E-state index in [9.17, 15) is 4.79 Å². The van der Waals surface area contributed by atoms with Gasteiger partial charge in [0.25, 0.3) is 0 Å². The minimum Gasteiger partial charge on any atom is -0.461 e. The number of cyclic esters (lactones) is 1. The van der Waals surface area contributed by atoms with Gasteiger partial charge < -0.3 is 4.74 Å². The van der Waals surface area contributed by atoms with E-state index in [4.69, 9.17) is 4.74 Å². The zero-order valence-corrected chi connectivity index (χ0v) is 7.19. The Bertz CT molecular complexity index is 340. The molecule has 1 fully saturated rings. The molecule has 2 heteroatoms. The molecule has 1 saturated heterocycles. The summed E-state index contributed by atoms with van der Waals surface area (Å²) in [5.41, 5.74) is 1.66. The van der Waals surface area contributed by atoms with E-state index in [-0.39, 0.29) is 11.9 Å². The lowest BCUT2D eigenvalue weighted by Crippen LogP contribution is -1.99. The fraction of sp³-hybridized carbons (Fsp3) is 0.182. The molecule has 2 nitrogen and oxygen atoms in total. The van der Waals surface area contributed by atoms with E-state index < -0.39 is 0 Å². The third kappa shape index (κ3) is 1.35. The standard InChI is InChI=1S/C11H10O2/c1-8-10(7-13-11(8)12)9-5-3-2-4-6-9/h2-6,10H,1,7H2/t10-/m1/s1. The molecular formula is C11H10O2. The predicted octanol–water partition coefficient (Wildman–Crippen LogP) is 1.88. The van der Waals surface area contributed by atoms with Crippen molar-refractivity contribution < 1.29 is 9.53 Å². The molecule has 0 aliphatic carbocycles. The molecule has 1 aliphatic heterocycles. The zero-order chi connectivity index (χ0) is 9.26. The van der Waals surface area contributed by atoms with Crippen LogP contribution in [0.4, 0.5) is 0 Å². The predicted molar refractivity (Wildman–Crippen MR) is 49.3 cm³/mol.